The monoisotopic (exact) mass is 192 g/mol. The largest absolute Gasteiger partial charge is 0.136 e. The fourth-order valence-electron chi connectivity index (χ4n) is 1.36. The maximum Gasteiger partial charge on any atom is -0.0269 e. The Morgan fingerprint density at radius 2 is 1.77 bits per heavy atom. The van der Waals surface area contributed by atoms with E-state index in [9.17, 15) is 0 Å². The minimum absolute atomic E-state index is 0.861. The van der Waals surface area contributed by atoms with E-state index < -0.39 is 0 Å². The Bertz CT molecular complexity index is 269. The van der Waals surface area contributed by atoms with E-state index in [0.29, 0.717) is 0 Å². The van der Waals surface area contributed by atoms with Crippen LogP contribution in [-0.2, 0) is 12.8 Å². The topological polar surface area (TPSA) is 0 Å². The highest BCUT2D eigenvalue weighted by Gasteiger charge is 1.92. The summed E-state index contributed by atoms with van der Waals surface area (Å²) >= 11 is 0. The van der Waals surface area contributed by atoms with Crippen LogP contribution in [0.3, 0.4) is 0 Å². The van der Waals surface area contributed by atoms with Gasteiger partial charge in [0.25, 0.3) is 0 Å². The molecule has 13 heavy (non-hydrogen) atoms. The molecular formula is C12H17P. The molecule has 0 spiro atoms. The molecule has 0 bridgehead atoms. The van der Waals surface area contributed by atoms with E-state index in [1.54, 1.807) is 5.30 Å². The van der Waals surface area contributed by atoms with E-state index in [1.165, 1.54) is 12.0 Å². The molecule has 0 N–H and O–H groups in total. The van der Waals surface area contributed by atoms with Gasteiger partial charge in [0.05, 0.1) is 0 Å². The second-order valence-electron chi connectivity index (χ2n) is 2.96. The highest BCUT2D eigenvalue weighted by molar-refractivity contribution is 7.30. The zero-order valence-electron chi connectivity index (χ0n) is 8.38. The van der Waals surface area contributed by atoms with Crippen LogP contribution < -0.4 is 0 Å². The lowest BCUT2D eigenvalue weighted by atomic mass is 10.2. The van der Waals surface area contributed by atoms with Crippen LogP contribution in [0.4, 0.5) is 0 Å². The lowest BCUT2D eigenvalue weighted by Crippen LogP contribution is -1.83. The Morgan fingerprint density at radius 1 is 1.00 bits per heavy atom. The minimum Gasteiger partial charge on any atom is -0.136 e. The first kappa shape index (κ1) is 10.3. The summed E-state index contributed by atoms with van der Waals surface area (Å²) in [6, 6.07) is 10.7. The van der Waals surface area contributed by atoms with Crippen LogP contribution in [0, 0.1) is 0 Å². The fraction of sp³-hybridized carbons (Fsp3) is 0.333. The van der Waals surface area contributed by atoms with Crippen molar-refractivity contribution >= 4 is 8.19 Å². The average Bonchev–Trinajstić information content (AvgIpc) is 2.28. The van der Waals surface area contributed by atoms with Crippen molar-refractivity contribution < 1.29 is 0 Å². The van der Waals surface area contributed by atoms with Gasteiger partial charge in [0, 0.05) is 0 Å². The van der Waals surface area contributed by atoms with Gasteiger partial charge in [-0.05, 0) is 29.5 Å². The maximum absolute atomic E-state index is 2.26. The van der Waals surface area contributed by atoms with E-state index in [-0.39, 0.29) is 0 Å². The van der Waals surface area contributed by atoms with Crippen molar-refractivity contribution in [2.45, 2.75) is 26.7 Å². The predicted molar refractivity (Wildman–Crippen MR) is 62.3 cm³/mol. The summed E-state index contributed by atoms with van der Waals surface area (Å²) in [6.07, 6.45) is 2.32. The first-order valence-corrected chi connectivity index (χ1v) is 5.94. The molecule has 1 atom stereocenters. The van der Waals surface area contributed by atoms with E-state index >= 15 is 0 Å². The predicted octanol–water partition coefficient (Wildman–Crippen LogP) is 3.97. The molecule has 0 radical (unpaired) electrons. The number of aryl methyl sites for hydroxylation is 2. The van der Waals surface area contributed by atoms with Gasteiger partial charge < -0.3 is 0 Å². The summed E-state index contributed by atoms with van der Waals surface area (Å²) in [5.41, 5.74) is 1.51. The number of rotatable bonds is 2. The van der Waals surface area contributed by atoms with E-state index in [0.717, 1.165) is 14.6 Å². The third kappa shape index (κ3) is 3.24. The normalized spacial score (nSPS) is 10.0. The molecule has 0 aliphatic heterocycles. The molecule has 0 aliphatic rings. The van der Waals surface area contributed by atoms with Crippen LogP contribution in [0.1, 0.15) is 24.7 Å². The standard InChI is InChI=1S/C12H17P/c1-3-11-9-7-5-6-8-10-13-12(11)4-2/h5-10,13H,3-4H2,1-2H3. The fourth-order valence-corrected chi connectivity index (χ4v) is 2.42. The number of hydrogen-bond donors (Lipinski definition) is 0. The summed E-state index contributed by atoms with van der Waals surface area (Å²) in [4.78, 5) is 0. The molecule has 0 amide bonds. The summed E-state index contributed by atoms with van der Waals surface area (Å²) in [6.45, 7) is 4.47. The van der Waals surface area contributed by atoms with Gasteiger partial charge in [0.15, 0.2) is 0 Å². The van der Waals surface area contributed by atoms with Crippen molar-refractivity contribution in [2.75, 3.05) is 0 Å². The summed E-state index contributed by atoms with van der Waals surface area (Å²) < 4.78 is 0. The Labute approximate surface area is 82.4 Å². The molecule has 0 aromatic carbocycles. The Kier molecular flexibility index (Phi) is 4.64. The Balaban J connectivity index is 3.25. The molecule has 1 unspecified atom stereocenters. The summed E-state index contributed by atoms with van der Waals surface area (Å²) in [5.74, 6) is 2.26. The molecule has 1 rings (SSSR count). The zero-order chi connectivity index (χ0) is 9.52. The molecule has 0 saturated heterocycles. The quantitative estimate of drug-likeness (QED) is 0.665. The van der Waals surface area contributed by atoms with Crippen LogP contribution >= 0.6 is 8.19 Å². The van der Waals surface area contributed by atoms with E-state index in [1.807, 2.05) is 0 Å². The van der Waals surface area contributed by atoms with Gasteiger partial charge in [-0.1, -0.05) is 44.2 Å². The molecule has 70 valence electrons. The molecule has 0 aliphatic carbocycles. The van der Waals surface area contributed by atoms with Gasteiger partial charge in [-0.15, -0.1) is 8.19 Å². The average molecular weight is 192 g/mol. The van der Waals surface area contributed by atoms with Gasteiger partial charge in [-0.2, -0.15) is 0 Å². The van der Waals surface area contributed by atoms with Gasteiger partial charge in [0.2, 0.25) is 0 Å². The van der Waals surface area contributed by atoms with Gasteiger partial charge in [-0.25, -0.2) is 0 Å². The van der Waals surface area contributed by atoms with Crippen molar-refractivity contribution in [2.24, 2.45) is 0 Å². The molecule has 0 fully saturated rings. The Hall–Kier alpha value is -0.740. The van der Waals surface area contributed by atoms with Crippen LogP contribution in [0.25, 0.3) is 0 Å². The van der Waals surface area contributed by atoms with Gasteiger partial charge in [0.1, 0.15) is 0 Å². The molecular weight excluding hydrogens is 175 g/mol. The molecule has 1 aromatic rings. The molecule has 0 saturated carbocycles. The molecule has 0 nitrogen and oxygen atoms in total. The van der Waals surface area contributed by atoms with E-state index in [2.05, 4.69) is 50.0 Å². The van der Waals surface area contributed by atoms with Crippen LogP contribution in [0.2, 0.25) is 0 Å². The SMILES string of the molecule is CCc1cccccc[pH]c1CC. The lowest BCUT2D eigenvalue weighted by molar-refractivity contribution is 1.07. The highest BCUT2D eigenvalue weighted by Crippen LogP contribution is 2.16. The minimum atomic E-state index is 0.861. The van der Waals surface area contributed by atoms with Gasteiger partial charge >= 0.3 is 0 Å². The number of hydrogen-bond acceptors (Lipinski definition) is 0. The van der Waals surface area contributed by atoms with Crippen LogP contribution in [0.15, 0.2) is 36.1 Å². The Morgan fingerprint density at radius 3 is 2.46 bits per heavy atom. The molecule has 1 heterocycles. The smallest absolute Gasteiger partial charge is 0.0269 e. The summed E-state index contributed by atoms with van der Waals surface area (Å²) in [5, 5.41) is 1.60. The van der Waals surface area contributed by atoms with Crippen molar-refractivity contribution in [3.05, 3.63) is 47.0 Å². The first-order valence-electron chi connectivity index (χ1n) is 4.87. The van der Waals surface area contributed by atoms with Crippen molar-refractivity contribution in [1.29, 1.82) is 0 Å². The molecule has 1 heteroatoms. The highest BCUT2D eigenvalue weighted by atomic mass is 31.0. The third-order valence-electron chi connectivity index (χ3n) is 2.11. The second-order valence-corrected chi connectivity index (χ2v) is 4.18. The van der Waals surface area contributed by atoms with Crippen LogP contribution in [-0.4, -0.2) is 0 Å². The second kappa shape index (κ2) is 5.83. The van der Waals surface area contributed by atoms with Crippen molar-refractivity contribution in [1.82, 2.24) is 0 Å². The lowest BCUT2D eigenvalue weighted by Gasteiger charge is -1.99. The van der Waals surface area contributed by atoms with Gasteiger partial charge in [-0.3, -0.25) is 0 Å². The first-order chi connectivity index (χ1) is 6.38. The van der Waals surface area contributed by atoms with Crippen molar-refractivity contribution in [3.8, 4) is 0 Å². The van der Waals surface area contributed by atoms with Crippen molar-refractivity contribution in [3.63, 3.8) is 0 Å². The zero-order valence-corrected chi connectivity index (χ0v) is 9.38. The van der Waals surface area contributed by atoms with Crippen LogP contribution in [0.5, 0.6) is 0 Å². The molecule has 1 aromatic heterocycles. The van der Waals surface area contributed by atoms with E-state index in [4.69, 9.17) is 0 Å². The maximum atomic E-state index is 2.26. The third-order valence-corrected chi connectivity index (χ3v) is 3.49. The summed E-state index contributed by atoms with van der Waals surface area (Å²) in [7, 11) is 0.861.